The zero-order chi connectivity index (χ0) is 17.5. The van der Waals surface area contributed by atoms with E-state index in [1.807, 2.05) is 54.6 Å². The van der Waals surface area contributed by atoms with E-state index < -0.39 is 0 Å². The van der Waals surface area contributed by atoms with Gasteiger partial charge in [-0.3, -0.25) is 4.98 Å². The fourth-order valence-corrected chi connectivity index (χ4v) is 3.12. The normalized spacial score (nSPS) is 11.3. The van der Waals surface area contributed by atoms with Crippen molar-refractivity contribution in [1.29, 1.82) is 0 Å². The van der Waals surface area contributed by atoms with Gasteiger partial charge in [0, 0.05) is 22.7 Å². The minimum atomic E-state index is -0.256. The molecule has 4 heteroatoms. The number of benzene rings is 3. The SMILES string of the molecule is Fc1ccccc1-c1ccc2nc(-c3ccc4ncccc4c3)oc2c1. The van der Waals surface area contributed by atoms with Gasteiger partial charge in [-0.25, -0.2) is 9.37 Å². The number of hydrogen-bond acceptors (Lipinski definition) is 3. The van der Waals surface area contributed by atoms with Gasteiger partial charge in [0.05, 0.1) is 5.52 Å². The van der Waals surface area contributed by atoms with E-state index >= 15 is 0 Å². The molecule has 0 aliphatic carbocycles. The van der Waals surface area contributed by atoms with Crippen LogP contribution in [0.2, 0.25) is 0 Å². The Morgan fingerprint density at radius 1 is 0.769 bits per heavy atom. The van der Waals surface area contributed by atoms with Crippen LogP contribution in [-0.2, 0) is 0 Å². The average Bonchev–Trinajstić information content (AvgIpc) is 3.11. The maximum atomic E-state index is 14.0. The third kappa shape index (κ3) is 2.43. The first-order valence-corrected chi connectivity index (χ1v) is 8.29. The molecule has 0 aliphatic rings. The molecule has 2 heterocycles. The van der Waals surface area contributed by atoms with Crippen LogP contribution >= 0.6 is 0 Å². The Kier molecular flexibility index (Phi) is 3.28. The van der Waals surface area contributed by atoms with Crippen LogP contribution in [0, 0.1) is 5.82 Å². The van der Waals surface area contributed by atoms with Gasteiger partial charge in [0.2, 0.25) is 5.89 Å². The molecule has 5 aromatic rings. The Morgan fingerprint density at radius 2 is 1.62 bits per heavy atom. The van der Waals surface area contributed by atoms with Crippen molar-refractivity contribution in [2.45, 2.75) is 0 Å². The Balaban J connectivity index is 1.62. The molecular formula is C22H13FN2O. The van der Waals surface area contributed by atoms with Crippen LogP contribution in [0.15, 0.2) is 83.4 Å². The Morgan fingerprint density at radius 3 is 2.54 bits per heavy atom. The lowest BCUT2D eigenvalue weighted by molar-refractivity contribution is 0.619. The molecular weight excluding hydrogens is 327 g/mol. The fraction of sp³-hybridized carbons (Fsp3) is 0. The van der Waals surface area contributed by atoms with E-state index in [4.69, 9.17) is 4.42 Å². The summed E-state index contributed by atoms with van der Waals surface area (Å²) in [5.41, 5.74) is 4.49. The van der Waals surface area contributed by atoms with Crippen LogP contribution in [0.1, 0.15) is 0 Å². The molecule has 0 N–H and O–H groups in total. The van der Waals surface area contributed by atoms with Crippen molar-refractivity contribution in [3.8, 4) is 22.6 Å². The fourth-order valence-electron chi connectivity index (χ4n) is 3.12. The summed E-state index contributed by atoms with van der Waals surface area (Å²) < 4.78 is 20.0. The van der Waals surface area contributed by atoms with Crippen molar-refractivity contribution in [3.05, 3.63) is 84.8 Å². The van der Waals surface area contributed by atoms with E-state index in [1.165, 1.54) is 6.07 Å². The number of fused-ring (bicyclic) bond motifs is 2. The van der Waals surface area contributed by atoms with Crippen molar-refractivity contribution in [2.75, 3.05) is 0 Å². The Hall–Kier alpha value is -3.53. The van der Waals surface area contributed by atoms with Crippen molar-refractivity contribution < 1.29 is 8.81 Å². The minimum Gasteiger partial charge on any atom is -0.436 e. The maximum Gasteiger partial charge on any atom is 0.227 e. The quantitative estimate of drug-likeness (QED) is 0.405. The van der Waals surface area contributed by atoms with Crippen LogP contribution in [0.25, 0.3) is 44.6 Å². The number of halogens is 1. The molecule has 0 spiro atoms. The molecule has 26 heavy (non-hydrogen) atoms. The number of oxazole rings is 1. The van der Waals surface area contributed by atoms with E-state index in [0.717, 1.165) is 27.5 Å². The highest BCUT2D eigenvalue weighted by Crippen LogP contribution is 2.30. The van der Waals surface area contributed by atoms with E-state index in [1.54, 1.807) is 18.3 Å². The summed E-state index contributed by atoms with van der Waals surface area (Å²) in [6.45, 7) is 0. The van der Waals surface area contributed by atoms with E-state index in [0.29, 0.717) is 17.0 Å². The third-order valence-electron chi connectivity index (χ3n) is 4.42. The van der Waals surface area contributed by atoms with Gasteiger partial charge in [-0.1, -0.05) is 30.3 Å². The molecule has 0 aliphatic heterocycles. The molecule has 0 fully saturated rings. The highest BCUT2D eigenvalue weighted by atomic mass is 19.1. The minimum absolute atomic E-state index is 0.256. The first kappa shape index (κ1) is 14.8. The Bertz CT molecular complexity index is 1260. The molecule has 3 aromatic carbocycles. The molecule has 124 valence electrons. The number of hydrogen-bond donors (Lipinski definition) is 0. The third-order valence-corrected chi connectivity index (χ3v) is 4.42. The summed E-state index contributed by atoms with van der Waals surface area (Å²) in [7, 11) is 0. The highest BCUT2D eigenvalue weighted by molar-refractivity contribution is 5.86. The van der Waals surface area contributed by atoms with Crippen molar-refractivity contribution in [1.82, 2.24) is 9.97 Å². The van der Waals surface area contributed by atoms with Crippen molar-refractivity contribution in [3.63, 3.8) is 0 Å². The zero-order valence-electron chi connectivity index (χ0n) is 13.7. The first-order chi connectivity index (χ1) is 12.8. The lowest BCUT2D eigenvalue weighted by Gasteiger charge is -2.02. The number of aromatic nitrogens is 2. The van der Waals surface area contributed by atoms with Gasteiger partial charge in [-0.2, -0.15) is 0 Å². The molecule has 0 bridgehead atoms. The van der Waals surface area contributed by atoms with Crippen LogP contribution < -0.4 is 0 Å². The second-order valence-electron chi connectivity index (χ2n) is 6.09. The lowest BCUT2D eigenvalue weighted by Crippen LogP contribution is -1.83. The molecule has 0 unspecified atom stereocenters. The first-order valence-electron chi connectivity index (χ1n) is 8.29. The van der Waals surface area contributed by atoms with Crippen molar-refractivity contribution in [2.24, 2.45) is 0 Å². The number of nitrogens with zero attached hydrogens (tertiary/aromatic N) is 2. The lowest BCUT2D eigenvalue weighted by atomic mass is 10.1. The van der Waals surface area contributed by atoms with Crippen LogP contribution in [0.4, 0.5) is 4.39 Å². The highest BCUT2D eigenvalue weighted by Gasteiger charge is 2.11. The van der Waals surface area contributed by atoms with Gasteiger partial charge in [0.25, 0.3) is 0 Å². The van der Waals surface area contributed by atoms with Crippen LogP contribution in [0.3, 0.4) is 0 Å². The second-order valence-corrected chi connectivity index (χ2v) is 6.09. The average molecular weight is 340 g/mol. The predicted octanol–water partition coefficient (Wildman–Crippen LogP) is 5.85. The molecule has 0 amide bonds. The van der Waals surface area contributed by atoms with E-state index in [-0.39, 0.29) is 5.82 Å². The maximum absolute atomic E-state index is 14.0. The Labute approximate surface area is 148 Å². The van der Waals surface area contributed by atoms with Gasteiger partial charge in [-0.15, -0.1) is 0 Å². The summed E-state index contributed by atoms with van der Waals surface area (Å²) in [5.74, 6) is 0.282. The largest absolute Gasteiger partial charge is 0.436 e. The number of pyridine rings is 1. The molecule has 3 nitrogen and oxygen atoms in total. The smallest absolute Gasteiger partial charge is 0.227 e. The van der Waals surface area contributed by atoms with E-state index in [9.17, 15) is 4.39 Å². The second kappa shape index (κ2) is 5.77. The zero-order valence-corrected chi connectivity index (χ0v) is 13.7. The standard InChI is InChI=1S/C22H13FN2O/c23-18-6-2-1-5-17(18)14-7-10-20-21(13-14)26-22(25-20)16-8-9-19-15(12-16)4-3-11-24-19/h1-13H. The predicted molar refractivity (Wildman–Crippen MR) is 100 cm³/mol. The monoisotopic (exact) mass is 340 g/mol. The molecule has 0 atom stereocenters. The molecule has 0 radical (unpaired) electrons. The summed E-state index contributed by atoms with van der Waals surface area (Å²) in [5, 5.41) is 1.03. The molecule has 5 rings (SSSR count). The van der Waals surface area contributed by atoms with Crippen LogP contribution in [-0.4, -0.2) is 9.97 Å². The van der Waals surface area contributed by atoms with Crippen molar-refractivity contribution >= 4 is 22.0 Å². The summed E-state index contributed by atoms with van der Waals surface area (Å²) in [6, 6.07) is 22.0. The number of rotatable bonds is 2. The topological polar surface area (TPSA) is 38.9 Å². The van der Waals surface area contributed by atoms with E-state index in [2.05, 4.69) is 9.97 Å². The molecule has 0 saturated heterocycles. The van der Waals surface area contributed by atoms with Gasteiger partial charge in [-0.05, 0) is 48.0 Å². The summed E-state index contributed by atoms with van der Waals surface area (Å²) >= 11 is 0. The van der Waals surface area contributed by atoms with Gasteiger partial charge >= 0.3 is 0 Å². The van der Waals surface area contributed by atoms with Gasteiger partial charge in [0.1, 0.15) is 11.3 Å². The van der Waals surface area contributed by atoms with Gasteiger partial charge in [0.15, 0.2) is 5.58 Å². The molecule has 0 saturated carbocycles. The van der Waals surface area contributed by atoms with Gasteiger partial charge < -0.3 is 4.42 Å². The molecule has 2 aromatic heterocycles. The van der Waals surface area contributed by atoms with Crippen LogP contribution in [0.5, 0.6) is 0 Å². The summed E-state index contributed by atoms with van der Waals surface area (Å²) in [4.78, 5) is 8.89. The summed E-state index contributed by atoms with van der Waals surface area (Å²) in [6.07, 6.45) is 1.77.